The molecule has 0 bridgehead atoms. The Balaban J connectivity index is 2.12. The van der Waals surface area contributed by atoms with E-state index in [4.69, 9.17) is 4.74 Å². The highest BCUT2D eigenvalue weighted by atomic mass is 16.6. The van der Waals surface area contributed by atoms with Crippen molar-refractivity contribution in [3.05, 3.63) is 62.5 Å². The van der Waals surface area contributed by atoms with E-state index in [1.807, 2.05) is 0 Å². The van der Waals surface area contributed by atoms with Gasteiger partial charge < -0.3 is 10.1 Å². The fourth-order valence-electron chi connectivity index (χ4n) is 3.65. The molecule has 1 aliphatic heterocycles. The number of ether oxygens (including phenoxy) is 1. The van der Waals surface area contributed by atoms with Gasteiger partial charge in [0.2, 0.25) is 0 Å². The molecule has 7 heteroatoms. The highest BCUT2D eigenvalue weighted by Gasteiger charge is 2.39. The van der Waals surface area contributed by atoms with Crippen LogP contribution in [0.5, 0.6) is 0 Å². The Morgan fingerprint density at radius 3 is 2.52 bits per heavy atom. The normalized spacial score (nSPS) is 19.7. The average Bonchev–Trinajstić information content (AvgIpc) is 2.60. The van der Waals surface area contributed by atoms with E-state index in [2.05, 4.69) is 5.32 Å². The Morgan fingerprint density at radius 1 is 1.26 bits per heavy atom. The summed E-state index contributed by atoms with van der Waals surface area (Å²) in [6.45, 7) is 5.32. The summed E-state index contributed by atoms with van der Waals surface area (Å²) in [5.74, 6) is -1.07. The second-order valence-electron chi connectivity index (χ2n) is 7.07. The van der Waals surface area contributed by atoms with E-state index in [1.54, 1.807) is 32.9 Å². The van der Waals surface area contributed by atoms with Crippen LogP contribution >= 0.6 is 0 Å². The minimum Gasteiger partial charge on any atom is -0.460 e. The topological polar surface area (TPSA) is 98.5 Å². The van der Waals surface area contributed by atoms with Gasteiger partial charge in [-0.15, -0.1) is 0 Å². The molecule has 2 aliphatic rings. The quantitative estimate of drug-likeness (QED) is 0.495. The number of esters is 1. The second-order valence-corrected chi connectivity index (χ2v) is 7.07. The molecule has 1 atom stereocenters. The first-order valence-corrected chi connectivity index (χ1v) is 8.99. The fourth-order valence-corrected chi connectivity index (χ4v) is 3.65. The number of nitro groups is 1. The largest absolute Gasteiger partial charge is 0.460 e. The monoisotopic (exact) mass is 370 g/mol. The Hall–Kier alpha value is -2.96. The summed E-state index contributed by atoms with van der Waals surface area (Å²) in [5, 5.41) is 14.2. The molecule has 0 fully saturated rings. The molecule has 0 spiro atoms. The molecule has 0 unspecified atom stereocenters. The van der Waals surface area contributed by atoms with Crippen LogP contribution in [0.4, 0.5) is 5.69 Å². The number of dihydropyridines is 1. The van der Waals surface area contributed by atoms with Gasteiger partial charge in [0.05, 0.1) is 16.6 Å². The Bertz CT molecular complexity index is 865. The molecule has 7 nitrogen and oxygen atoms in total. The van der Waals surface area contributed by atoms with Crippen LogP contribution in [0.15, 0.2) is 46.8 Å². The van der Waals surface area contributed by atoms with Crippen molar-refractivity contribution in [1.29, 1.82) is 0 Å². The fraction of sp³-hybridized carbons (Fsp3) is 0.400. The summed E-state index contributed by atoms with van der Waals surface area (Å²) < 4.78 is 5.41. The second kappa shape index (κ2) is 7.34. The third kappa shape index (κ3) is 3.63. The Kier molecular flexibility index (Phi) is 5.12. The minimum atomic E-state index is -0.582. The summed E-state index contributed by atoms with van der Waals surface area (Å²) in [5.41, 5.74) is 3.05. The van der Waals surface area contributed by atoms with Crippen LogP contribution in [-0.4, -0.2) is 22.8 Å². The highest BCUT2D eigenvalue weighted by molar-refractivity contribution is 6.03. The molecule has 0 saturated heterocycles. The number of non-ortho nitro benzene ring substituents is 1. The molecule has 0 aromatic heterocycles. The molecule has 142 valence electrons. The van der Waals surface area contributed by atoms with E-state index in [9.17, 15) is 19.7 Å². The molecule has 1 aliphatic carbocycles. The zero-order chi connectivity index (χ0) is 19.7. The smallest absolute Gasteiger partial charge is 0.337 e. The number of hydrogen-bond donors (Lipinski definition) is 1. The van der Waals surface area contributed by atoms with Gasteiger partial charge in [-0.25, -0.2) is 4.79 Å². The highest BCUT2D eigenvalue weighted by Crippen LogP contribution is 2.42. The van der Waals surface area contributed by atoms with Crippen LogP contribution in [0, 0.1) is 10.1 Å². The van der Waals surface area contributed by atoms with E-state index in [0.717, 1.165) is 18.5 Å². The molecular formula is C20H22N2O5. The van der Waals surface area contributed by atoms with Crippen LogP contribution in [0.1, 0.15) is 51.5 Å². The summed E-state index contributed by atoms with van der Waals surface area (Å²) in [7, 11) is 0. The molecule has 0 saturated carbocycles. The van der Waals surface area contributed by atoms with Gasteiger partial charge in [-0.1, -0.05) is 12.1 Å². The van der Waals surface area contributed by atoms with Gasteiger partial charge >= 0.3 is 5.97 Å². The van der Waals surface area contributed by atoms with Gasteiger partial charge in [0.25, 0.3) is 5.69 Å². The molecular weight excluding hydrogens is 348 g/mol. The van der Waals surface area contributed by atoms with E-state index in [-0.39, 0.29) is 17.6 Å². The first-order valence-electron chi connectivity index (χ1n) is 8.99. The van der Waals surface area contributed by atoms with Gasteiger partial charge in [-0.05, 0) is 39.2 Å². The predicted octanol–water partition coefficient (Wildman–Crippen LogP) is 3.51. The third-order valence-electron chi connectivity index (χ3n) is 4.78. The van der Waals surface area contributed by atoms with Crippen molar-refractivity contribution >= 4 is 17.4 Å². The lowest BCUT2D eigenvalue weighted by Crippen LogP contribution is -2.34. The maximum absolute atomic E-state index is 12.8. The van der Waals surface area contributed by atoms with Crippen molar-refractivity contribution in [1.82, 2.24) is 5.32 Å². The molecule has 3 rings (SSSR count). The van der Waals surface area contributed by atoms with Gasteiger partial charge in [0, 0.05) is 41.4 Å². The number of nitro benzene ring substituents is 1. The van der Waals surface area contributed by atoms with Crippen molar-refractivity contribution in [3.8, 4) is 0 Å². The first-order chi connectivity index (χ1) is 12.8. The van der Waals surface area contributed by atoms with Crippen LogP contribution in [0.3, 0.4) is 0 Å². The van der Waals surface area contributed by atoms with Crippen LogP contribution in [-0.2, 0) is 14.3 Å². The third-order valence-corrected chi connectivity index (χ3v) is 4.78. The molecule has 27 heavy (non-hydrogen) atoms. The van der Waals surface area contributed by atoms with Crippen molar-refractivity contribution in [2.45, 2.75) is 52.1 Å². The SMILES string of the molecule is CC1=C(C(=O)OC(C)C)[C@@H](c2ccc([N+](=O)[O-])cc2)C2=C(CCCC2=O)N1. The standard InChI is InChI=1S/C20H22N2O5/c1-11(2)27-20(24)17-12(3)21-15-5-4-6-16(23)19(15)18(17)13-7-9-14(10-8-13)22(25)26/h7-11,18,21H,4-6H2,1-3H3/t18-/m1/s1. The summed E-state index contributed by atoms with van der Waals surface area (Å²) in [6.07, 6.45) is 1.62. The average molecular weight is 370 g/mol. The molecule has 1 aromatic rings. The van der Waals surface area contributed by atoms with E-state index in [1.165, 1.54) is 12.1 Å². The van der Waals surface area contributed by atoms with Gasteiger partial charge in [0.1, 0.15) is 0 Å². The Labute approximate surface area is 157 Å². The number of rotatable bonds is 4. The first kappa shape index (κ1) is 18.8. The van der Waals surface area contributed by atoms with Crippen LogP contribution in [0.25, 0.3) is 0 Å². The van der Waals surface area contributed by atoms with Gasteiger partial charge in [-0.3, -0.25) is 14.9 Å². The zero-order valence-electron chi connectivity index (χ0n) is 15.6. The number of carbonyl (C=O) groups excluding carboxylic acids is 2. The zero-order valence-corrected chi connectivity index (χ0v) is 15.6. The molecule has 1 aromatic carbocycles. The number of nitrogens with one attached hydrogen (secondary N) is 1. The maximum atomic E-state index is 12.8. The van der Waals surface area contributed by atoms with Crippen molar-refractivity contribution in [2.75, 3.05) is 0 Å². The summed E-state index contributed by atoms with van der Waals surface area (Å²) in [6, 6.07) is 6.00. The molecule has 0 amide bonds. The summed E-state index contributed by atoms with van der Waals surface area (Å²) in [4.78, 5) is 36.0. The van der Waals surface area contributed by atoms with E-state index >= 15 is 0 Å². The molecule has 1 heterocycles. The van der Waals surface area contributed by atoms with Gasteiger partial charge in [-0.2, -0.15) is 0 Å². The van der Waals surface area contributed by atoms with Crippen LogP contribution < -0.4 is 5.32 Å². The number of carbonyl (C=O) groups is 2. The van der Waals surface area contributed by atoms with Gasteiger partial charge in [0.15, 0.2) is 5.78 Å². The molecule has 1 N–H and O–H groups in total. The van der Waals surface area contributed by atoms with E-state index < -0.39 is 16.8 Å². The minimum absolute atomic E-state index is 0.00514. The van der Waals surface area contributed by atoms with Crippen molar-refractivity contribution < 1.29 is 19.2 Å². The lowest BCUT2D eigenvalue weighted by Gasteiger charge is -2.34. The number of allylic oxidation sites excluding steroid dienone is 3. The number of benzene rings is 1. The number of hydrogen-bond acceptors (Lipinski definition) is 6. The predicted molar refractivity (Wildman–Crippen MR) is 98.8 cm³/mol. The lowest BCUT2D eigenvalue weighted by atomic mass is 9.75. The van der Waals surface area contributed by atoms with Crippen molar-refractivity contribution in [3.63, 3.8) is 0 Å². The maximum Gasteiger partial charge on any atom is 0.337 e. The van der Waals surface area contributed by atoms with E-state index in [0.29, 0.717) is 28.8 Å². The molecule has 0 radical (unpaired) electrons. The Morgan fingerprint density at radius 2 is 1.93 bits per heavy atom. The van der Waals surface area contributed by atoms with Crippen LogP contribution in [0.2, 0.25) is 0 Å². The summed E-state index contributed by atoms with van der Waals surface area (Å²) >= 11 is 0. The number of nitrogens with zero attached hydrogens (tertiary/aromatic N) is 1. The van der Waals surface area contributed by atoms with Crippen molar-refractivity contribution in [2.24, 2.45) is 0 Å². The number of Topliss-reactive ketones (excluding diaryl/α,β-unsaturated/α-hetero) is 1. The number of ketones is 1. The lowest BCUT2D eigenvalue weighted by molar-refractivity contribution is -0.384.